The maximum Gasteiger partial charge on any atom is 0.146 e. The highest BCUT2D eigenvalue weighted by Gasteiger charge is 2.19. The zero-order valence-corrected chi connectivity index (χ0v) is 14.4. The van der Waals surface area contributed by atoms with Gasteiger partial charge >= 0.3 is 0 Å². The van der Waals surface area contributed by atoms with Crippen molar-refractivity contribution in [3.8, 4) is 17.9 Å². The van der Waals surface area contributed by atoms with Crippen molar-refractivity contribution in [3.05, 3.63) is 40.5 Å². The highest BCUT2D eigenvalue weighted by molar-refractivity contribution is 5.74. The predicted octanol–water partition coefficient (Wildman–Crippen LogP) is 5.45. The molecule has 0 fully saturated rings. The summed E-state index contributed by atoms with van der Waals surface area (Å²) < 4.78 is 6.14. The fourth-order valence-corrected chi connectivity index (χ4v) is 2.51. The standard InChI is InChI=1S/C20H24N2O/c1-5-9-15-12-16(10-6-2)20(19(14-22)18(15)13-21)23-17(8-4)11-7-3/h5-6,9-10,12,17H,7-8,11H2,1-4H3. The molecule has 0 aliphatic rings. The van der Waals surface area contributed by atoms with E-state index in [1.54, 1.807) is 0 Å². The Kier molecular flexibility index (Phi) is 7.64. The molecule has 1 aromatic carbocycles. The van der Waals surface area contributed by atoms with Crippen LogP contribution >= 0.6 is 0 Å². The Labute approximate surface area is 139 Å². The summed E-state index contributed by atoms with van der Waals surface area (Å²) in [6.45, 7) is 8.00. The van der Waals surface area contributed by atoms with Crippen LogP contribution in [0.5, 0.6) is 5.75 Å². The molecular formula is C20H24N2O. The van der Waals surface area contributed by atoms with Gasteiger partial charge in [-0.1, -0.05) is 44.6 Å². The van der Waals surface area contributed by atoms with Gasteiger partial charge in [-0.3, -0.25) is 0 Å². The second-order valence-corrected chi connectivity index (χ2v) is 5.29. The summed E-state index contributed by atoms with van der Waals surface area (Å²) in [6.07, 6.45) is 10.4. The summed E-state index contributed by atoms with van der Waals surface area (Å²) in [6, 6.07) is 6.23. The Balaban J connectivity index is 3.59. The van der Waals surface area contributed by atoms with E-state index >= 15 is 0 Å². The number of hydrogen-bond acceptors (Lipinski definition) is 3. The van der Waals surface area contributed by atoms with E-state index in [1.165, 1.54) is 0 Å². The SMILES string of the molecule is CC=Cc1cc(C=CC)c(OC(CC)CCC)c(C#N)c1C#N. The first-order valence-corrected chi connectivity index (χ1v) is 8.09. The van der Waals surface area contributed by atoms with Crippen LogP contribution in [0.2, 0.25) is 0 Å². The molecule has 0 saturated heterocycles. The van der Waals surface area contributed by atoms with Gasteiger partial charge in [0, 0.05) is 5.56 Å². The van der Waals surface area contributed by atoms with Crippen molar-refractivity contribution in [2.45, 2.75) is 53.1 Å². The molecule has 0 radical (unpaired) electrons. The number of nitriles is 2. The van der Waals surface area contributed by atoms with Crippen LogP contribution in [-0.2, 0) is 0 Å². The molecule has 0 aromatic heterocycles. The van der Waals surface area contributed by atoms with Crippen molar-refractivity contribution >= 4 is 12.2 Å². The van der Waals surface area contributed by atoms with Gasteiger partial charge in [0.25, 0.3) is 0 Å². The van der Waals surface area contributed by atoms with E-state index < -0.39 is 0 Å². The van der Waals surface area contributed by atoms with Crippen LogP contribution in [0.4, 0.5) is 0 Å². The predicted molar refractivity (Wildman–Crippen MR) is 94.9 cm³/mol. The number of allylic oxidation sites excluding steroid dienone is 2. The summed E-state index contributed by atoms with van der Waals surface area (Å²) in [5.41, 5.74) is 2.28. The number of nitrogens with zero attached hydrogens (tertiary/aromatic N) is 2. The Hall–Kier alpha value is -2.52. The quantitative estimate of drug-likeness (QED) is 0.672. The van der Waals surface area contributed by atoms with Crippen molar-refractivity contribution < 1.29 is 4.74 Å². The molecule has 1 atom stereocenters. The monoisotopic (exact) mass is 308 g/mol. The molecule has 0 amide bonds. The fourth-order valence-electron chi connectivity index (χ4n) is 2.51. The molecule has 0 N–H and O–H groups in total. The van der Waals surface area contributed by atoms with E-state index in [-0.39, 0.29) is 6.10 Å². The molecule has 1 rings (SSSR count). The second-order valence-electron chi connectivity index (χ2n) is 5.29. The molecule has 0 heterocycles. The van der Waals surface area contributed by atoms with Crippen molar-refractivity contribution in [2.24, 2.45) is 0 Å². The normalized spacial score (nSPS) is 12.3. The van der Waals surface area contributed by atoms with Crippen LogP contribution in [-0.4, -0.2) is 6.10 Å². The van der Waals surface area contributed by atoms with Crippen LogP contribution in [0.25, 0.3) is 12.2 Å². The van der Waals surface area contributed by atoms with Gasteiger partial charge in [-0.15, -0.1) is 0 Å². The molecule has 0 bridgehead atoms. The van der Waals surface area contributed by atoms with Gasteiger partial charge in [0.15, 0.2) is 0 Å². The van der Waals surface area contributed by atoms with E-state index in [4.69, 9.17) is 4.74 Å². The van der Waals surface area contributed by atoms with Gasteiger partial charge in [0.05, 0.1) is 11.7 Å². The lowest BCUT2D eigenvalue weighted by atomic mass is 9.96. The number of benzene rings is 1. The first kappa shape index (κ1) is 18.5. The Morgan fingerprint density at radius 2 is 1.65 bits per heavy atom. The van der Waals surface area contributed by atoms with E-state index in [1.807, 2.05) is 44.2 Å². The van der Waals surface area contributed by atoms with Crippen molar-refractivity contribution in [3.63, 3.8) is 0 Å². The third-order valence-corrected chi connectivity index (χ3v) is 3.61. The average Bonchev–Trinajstić information content (AvgIpc) is 2.56. The van der Waals surface area contributed by atoms with Crippen LogP contribution < -0.4 is 4.74 Å². The molecular weight excluding hydrogens is 284 g/mol. The maximum atomic E-state index is 9.60. The Morgan fingerprint density at radius 3 is 2.13 bits per heavy atom. The molecule has 3 nitrogen and oxygen atoms in total. The minimum Gasteiger partial charge on any atom is -0.488 e. The molecule has 0 aliphatic carbocycles. The fraction of sp³-hybridized carbons (Fsp3) is 0.400. The largest absolute Gasteiger partial charge is 0.488 e. The van der Waals surface area contributed by atoms with Crippen molar-refractivity contribution in [2.75, 3.05) is 0 Å². The number of ether oxygens (including phenoxy) is 1. The van der Waals surface area contributed by atoms with Gasteiger partial charge in [-0.25, -0.2) is 0 Å². The van der Waals surface area contributed by atoms with E-state index in [0.29, 0.717) is 16.9 Å². The zero-order valence-electron chi connectivity index (χ0n) is 14.4. The smallest absolute Gasteiger partial charge is 0.146 e. The summed E-state index contributed by atoms with van der Waals surface area (Å²) in [5.74, 6) is 0.524. The number of hydrogen-bond donors (Lipinski definition) is 0. The van der Waals surface area contributed by atoms with Crippen LogP contribution in [0, 0.1) is 22.7 Å². The molecule has 0 saturated carbocycles. The van der Waals surface area contributed by atoms with Gasteiger partial charge in [0.1, 0.15) is 23.5 Å². The highest BCUT2D eigenvalue weighted by atomic mass is 16.5. The molecule has 120 valence electrons. The Bertz CT molecular complexity index is 672. The van der Waals surface area contributed by atoms with Gasteiger partial charge < -0.3 is 4.74 Å². The molecule has 23 heavy (non-hydrogen) atoms. The lowest BCUT2D eigenvalue weighted by Gasteiger charge is -2.20. The zero-order chi connectivity index (χ0) is 17.2. The van der Waals surface area contributed by atoms with Gasteiger partial charge in [-0.2, -0.15) is 10.5 Å². The molecule has 1 unspecified atom stereocenters. The number of rotatable bonds is 7. The lowest BCUT2D eigenvalue weighted by molar-refractivity contribution is 0.185. The molecule has 1 aromatic rings. The van der Waals surface area contributed by atoms with Crippen molar-refractivity contribution in [1.82, 2.24) is 0 Å². The first-order valence-electron chi connectivity index (χ1n) is 8.09. The van der Waals surface area contributed by atoms with Crippen LogP contribution in [0.3, 0.4) is 0 Å². The minimum atomic E-state index is 0.0511. The van der Waals surface area contributed by atoms with Crippen LogP contribution in [0.1, 0.15) is 69.2 Å². The summed E-state index contributed by atoms with van der Waals surface area (Å²) >= 11 is 0. The minimum absolute atomic E-state index is 0.0511. The van der Waals surface area contributed by atoms with E-state index in [0.717, 1.165) is 30.4 Å². The van der Waals surface area contributed by atoms with Gasteiger partial charge in [-0.05, 0) is 38.3 Å². The summed E-state index contributed by atoms with van der Waals surface area (Å²) in [5, 5.41) is 19.1. The van der Waals surface area contributed by atoms with Crippen molar-refractivity contribution in [1.29, 1.82) is 10.5 Å². The van der Waals surface area contributed by atoms with Gasteiger partial charge in [0.2, 0.25) is 0 Å². The highest BCUT2D eigenvalue weighted by Crippen LogP contribution is 2.33. The van der Waals surface area contributed by atoms with E-state index in [2.05, 4.69) is 26.0 Å². The maximum absolute atomic E-state index is 9.60. The second kappa shape index (κ2) is 9.49. The topological polar surface area (TPSA) is 56.8 Å². The lowest BCUT2D eigenvalue weighted by Crippen LogP contribution is -2.16. The first-order chi connectivity index (χ1) is 11.2. The molecule has 3 heteroatoms. The average molecular weight is 308 g/mol. The summed E-state index contributed by atoms with van der Waals surface area (Å²) in [4.78, 5) is 0. The third kappa shape index (κ3) is 4.47. The third-order valence-electron chi connectivity index (χ3n) is 3.61. The molecule has 0 spiro atoms. The summed E-state index contributed by atoms with van der Waals surface area (Å²) in [7, 11) is 0. The van der Waals surface area contributed by atoms with Crippen LogP contribution in [0.15, 0.2) is 18.2 Å². The Morgan fingerprint density at radius 1 is 1.04 bits per heavy atom. The van der Waals surface area contributed by atoms with E-state index in [9.17, 15) is 10.5 Å². The molecule has 0 aliphatic heterocycles.